The van der Waals surface area contributed by atoms with Gasteiger partial charge in [-0.3, -0.25) is 4.79 Å². The molecule has 1 aromatic carbocycles. The van der Waals surface area contributed by atoms with Crippen molar-refractivity contribution in [2.24, 2.45) is 5.92 Å². The third kappa shape index (κ3) is 4.46. The van der Waals surface area contributed by atoms with Gasteiger partial charge >= 0.3 is 0 Å². The Balaban J connectivity index is 1.73. The average molecular weight is 289 g/mol. The average Bonchev–Trinajstić information content (AvgIpc) is 2.54. The van der Waals surface area contributed by atoms with Crippen LogP contribution in [0.2, 0.25) is 0 Å². The summed E-state index contributed by atoms with van der Waals surface area (Å²) >= 11 is 0. The minimum Gasteiger partial charge on any atom is -0.384 e. The zero-order valence-corrected chi connectivity index (χ0v) is 13.2. The molecule has 0 saturated heterocycles. The van der Waals surface area contributed by atoms with Crippen LogP contribution in [0.3, 0.4) is 0 Å². The largest absolute Gasteiger partial charge is 0.384 e. The number of hydrogen-bond donors (Lipinski definition) is 2. The van der Waals surface area contributed by atoms with Crippen molar-refractivity contribution in [3.05, 3.63) is 29.8 Å². The van der Waals surface area contributed by atoms with Gasteiger partial charge < -0.3 is 15.5 Å². The molecule has 116 valence electrons. The number of para-hydroxylation sites is 1. The van der Waals surface area contributed by atoms with E-state index in [2.05, 4.69) is 41.5 Å². The minimum absolute atomic E-state index is 0.0494. The lowest BCUT2D eigenvalue weighted by Gasteiger charge is -2.25. The molecule has 4 nitrogen and oxygen atoms in total. The summed E-state index contributed by atoms with van der Waals surface area (Å²) in [4.78, 5) is 14.6. The highest BCUT2D eigenvalue weighted by Crippen LogP contribution is 2.24. The molecule has 0 saturated carbocycles. The van der Waals surface area contributed by atoms with Gasteiger partial charge in [-0.2, -0.15) is 0 Å². The van der Waals surface area contributed by atoms with Crippen molar-refractivity contribution < 1.29 is 4.79 Å². The summed E-state index contributed by atoms with van der Waals surface area (Å²) in [6.07, 6.45) is 1.86. The number of fused-ring (bicyclic) bond motifs is 1. The van der Waals surface area contributed by atoms with Gasteiger partial charge in [0.15, 0.2) is 0 Å². The third-order valence-electron chi connectivity index (χ3n) is 4.24. The van der Waals surface area contributed by atoms with Crippen LogP contribution in [0.25, 0.3) is 0 Å². The maximum Gasteiger partial charge on any atom is 0.225 e. The maximum atomic E-state index is 12.2. The Morgan fingerprint density at radius 3 is 2.86 bits per heavy atom. The fraction of sp³-hybridized carbons (Fsp3) is 0.588. The predicted molar refractivity (Wildman–Crippen MR) is 87.5 cm³/mol. The predicted octanol–water partition coefficient (Wildman–Crippen LogP) is 2.12. The first-order valence-corrected chi connectivity index (χ1v) is 8.06. The van der Waals surface area contributed by atoms with Gasteiger partial charge in [0.1, 0.15) is 0 Å². The van der Waals surface area contributed by atoms with E-state index in [1.54, 1.807) is 0 Å². The van der Waals surface area contributed by atoms with Crippen LogP contribution in [0.1, 0.15) is 25.8 Å². The molecule has 4 heteroatoms. The second-order valence-corrected chi connectivity index (χ2v) is 5.61. The molecule has 0 spiro atoms. The van der Waals surface area contributed by atoms with E-state index in [1.807, 2.05) is 12.1 Å². The molecule has 21 heavy (non-hydrogen) atoms. The standard InChI is InChI=1S/C17H27N3O/c1-3-20(4-2)11-7-10-18-17(21)15-12-14-8-5-6-9-16(14)19-13-15/h5-6,8-9,15,19H,3-4,7,10-13H2,1-2H3,(H,18,21). The van der Waals surface area contributed by atoms with E-state index in [-0.39, 0.29) is 11.8 Å². The molecule has 0 radical (unpaired) electrons. The van der Waals surface area contributed by atoms with Gasteiger partial charge in [0, 0.05) is 18.8 Å². The van der Waals surface area contributed by atoms with Crippen molar-refractivity contribution in [2.45, 2.75) is 26.7 Å². The number of nitrogens with one attached hydrogen (secondary N) is 2. The molecule has 0 fully saturated rings. The van der Waals surface area contributed by atoms with Crippen LogP contribution < -0.4 is 10.6 Å². The summed E-state index contributed by atoms with van der Waals surface area (Å²) < 4.78 is 0. The van der Waals surface area contributed by atoms with Gasteiger partial charge in [-0.1, -0.05) is 32.0 Å². The summed E-state index contributed by atoms with van der Waals surface area (Å²) in [5.74, 6) is 0.227. The Kier molecular flexibility index (Phi) is 6.05. The lowest BCUT2D eigenvalue weighted by molar-refractivity contribution is -0.124. The molecule has 1 aliphatic heterocycles. The number of benzene rings is 1. The zero-order valence-electron chi connectivity index (χ0n) is 13.2. The summed E-state index contributed by atoms with van der Waals surface area (Å²) in [5.41, 5.74) is 2.41. The van der Waals surface area contributed by atoms with Crippen molar-refractivity contribution >= 4 is 11.6 Å². The van der Waals surface area contributed by atoms with E-state index < -0.39 is 0 Å². The fourth-order valence-electron chi connectivity index (χ4n) is 2.83. The molecule has 1 atom stereocenters. The summed E-state index contributed by atoms with van der Waals surface area (Å²) in [5, 5.41) is 6.43. The molecule has 1 heterocycles. The fourth-order valence-corrected chi connectivity index (χ4v) is 2.83. The van der Waals surface area contributed by atoms with Crippen LogP contribution in [-0.4, -0.2) is 43.5 Å². The van der Waals surface area contributed by atoms with E-state index in [1.165, 1.54) is 11.3 Å². The zero-order chi connectivity index (χ0) is 15.1. The van der Waals surface area contributed by atoms with Crippen LogP contribution in [0.15, 0.2) is 24.3 Å². The molecule has 2 rings (SSSR count). The van der Waals surface area contributed by atoms with Crippen molar-refractivity contribution in [3.8, 4) is 0 Å². The van der Waals surface area contributed by atoms with Gasteiger partial charge in [-0.15, -0.1) is 0 Å². The first-order chi connectivity index (χ1) is 10.2. The number of hydrogen-bond acceptors (Lipinski definition) is 3. The van der Waals surface area contributed by atoms with Crippen molar-refractivity contribution in [1.82, 2.24) is 10.2 Å². The van der Waals surface area contributed by atoms with Gasteiger partial charge in [0.25, 0.3) is 0 Å². The van der Waals surface area contributed by atoms with Crippen LogP contribution in [0.5, 0.6) is 0 Å². The molecule has 2 N–H and O–H groups in total. The molecule has 1 amide bonds. The molecular weight excluding hydrogens is 262 g/mol. The molecular formula is C17H27N3O. The Labute approximate surface area is 127 Å². The summed E-state index contributed by atoms with van der Waals surface area (Å²) in [6, 6.07) is 8.24. The van der Waals surface area contributed by atoms with E-state index in [9.17, 15) is 4.79 Å². The van der Waals surface area contributed by atoms with Crippen LogP contribution in [-0.2, 0) is 11.2 Å². The van der Waals surface area contributed by atoms with Crippen LogP contribution in [0, 0.1) is 5.92 Å². The van der Waals surface area contributed by atoms with E-state index in [0.29, 0.717) is 0 Å². The minimum atomic E-state index is 0.0494. The lowest BCUT2D eigenvalue weighted by atomic mass is 9.93. The second-order valence-electron chi connectivity index (χ2n) is 5.61. The molecule has 1 aromatic rings. The highest BCUT2D eigenvalue weighted by Gasteiger charge is 2.23. The smallest absolute Gasteiger partial charge is 0.225 e. The van der Waals surface area contributed by atoms with Gasteiger partial charge in [0.2, 0.25) is 5.91 Å². The highest BCUT2D eigenvalue weighted by molar-refractivity contribution is 5.80. The van der Waals surface area contributed by atoms with Crippen LogP contribution in [0.4, 0.5) is 5.69 Å². The van der Waals surface area contributed by atoms with Crippen molar-refractivity contribution in [2.75, 3.05) is 38.0 Å². The number of rotatable bonds is 7. The topological polar surface area (TPSA) is 44.4 Å². The van der Waals surface area contributed by atoms with Gasteiger partial charge in [-0.25, -0.2) is 0 Å². The number of nitrogens with zero attached hydrogens (tertiary/aromatic N) is 1. The van der Waals surface area contributed by atoms with Crippen LogP contribution >= 0.6 is 0 Å². The Morgan fingerprint density at radius 1 is 1.33 bits per heavy atom. The monoisotopic (exact) mass is 289 g/mol. The molecule has 0 aromatic heterocycles. The molecule has 1 aliphatic rings. The number of carbonyl (C=O) groups is 1. The molecule has 1 unspecified atom stereocenters. The third-order valence-corrected chi connectivity index (χ3v) is 4.24. The first-order valence-electron chi connectivity index (χ1n) is 8.06. The molecule has 0 aliphatic carbocycles. The van der Waals surface area contributed by atoms with Crippen molar-refractivity contribution in [3.63, 3.8) is 0 Å². The van der Waals surface area contributed by atoms with E-state index >= 15 is 0 Å². The van der Waals surface area contributed by atoms with Crippen molar-refractivity contribution in [1.29, 1.82) is 0 Å². The maximum absolute atomic E-state index is 12.2. The van der Waals surface area contributed by atoms with E-state index in [0.717, 1.165) is 45.6 Å². The summed E-state index contributed by atoms with van der Waals surface area (Å²) in [6.45, 7) is 9.06. The lowest BCUT2D eigenvalue weighted by Crippen LogP contribution is -2.39. The summed E-state index contributed by atoms with van der Waals surface area (Å²) in [7, 11) is 0. The molecule has 0 bridgehead atoms. The number of amides is 1. The Bertz CT molecular complexity index is 457. The van der Waals surface area contributed by atoms with E-state index in [4.69, 9.17) is 0 Å². The van der Waals surface area contributed by atoms with Gasteiger partial charge in [-0.05, 0) is 44.1 Å². The normalized spacial score (nSPS) is 17.2. The second kappa shape index (κ2) is 8.03. The highest BCUT2D eigenvalue weighted by atomic mass is 16.1. The first kappa shape index (κ1) is 15.8. The number of carbonyl (C=O) groups excluding carboxylic acids is 1. The Hall–Kier alpha value is -1.55. The quantitative estimate of drug-likeness (QED) is 0.756. The SMILES string of the molecule is CCN(CC)CCCNC(=O)C1CNc2ccccc2C1. The Morgan fingerprint density at radius 2 is 2.10 bits per heavy atom. The number of anilines is 1. The van der Waals surface area contributed by atoms with Gasteiger partial charge in [0.05, 0.1) is 5.92 Å².